The molecule has 0 radical (unpaired) electrons. The van der Waals surface area contributed by atoms with Crippen molar-refractivity contribution in [3.05, 3.63) is 58.6 Å². The lowest BCUT2D eigenvalue weighted by Crippen LogP contribution is -2.07. The van der Waals surface area contributed by atoms with Gasteiger partial charge in [0.05, 0.1) is 11.3 Å². The number of anilines is 1. The molecule has 0 aliphatic heterocycles. The number of hydrogen-bond donors (Lipinski definition) is 2. The van der Waals surface area contributed by atoms with E-state index in [9.17, 15) is 9.90 Å². The standard InChI is InChI=1S/C15H14ClNO2S/c1-20-13-4-2-3-12(14(13)15(18)19)17-9-10-5-7-11(16)8-6-10/h2-8,17H,9H2,1H3,(H,18,19). The number of halogens is 1. The summed E-state index contributed by atoms with van der Waals surface area (Å²) in [6.07, 6.45) is 1.87. The zero-order chi connectivity index (χ0) is 14.5. The van der Waals surface area contributed by atoms with Gasteiger partial charge in [0.1, 0.15) is 0 Å². The number of carbonyl (C=O) groups is 1. The van der Waals surface area contributed by atoms with Gasteiger partial charge in [0, 0.05) is 16.5 Å². The van der Waals surface area contributed by atoms with Crippen LogP contribution in [0.1, 0.15) is 15.9 Å². The fourth-order valence-corrected chi connectivity index (χ4v) is 2.61. The van der Waals surface area contributed by atoms with Crippen LogP contribution in [-0.4, -0.2) is 17.3 Å². The second kappa shape index (κ2) is 6.68. The van der Waals surface area contributed by atoms with Crippen molar-refractivity contribution in [2.45, 2.75) is 11.4 Å². The first kappa shape index (κ1) is 14.8. The molecule has 2 rings (SSSR count). The molecule has 0 heterocycles. The van der Waals surface area contributed by atoms with Crippen molar-refractivity contribution in [2.24, 2.45) is 0 Å². The summed E-state index contributed by atoms with van der Waals surface area (Å²) < 4.78 is 0. The van der Waals surface area contributed by atoms with Gasteiger partial charge in [0.25, 0.3) is 0 Å². The predicted octanol–water partition coefficient (Wildman–Crippen LogP) is 4.37. The van der Waals surface area contributed by atoms with Crippen LogP contribution in [0.3, 0.4) is 0 Å². The molecule has 20 heavy (non-hydrogen) atoms. The molecule has 2 N–H and O–H groups in total. The SMILES string of the molecule is CSc1cccc(NCc2ccc(Cl)cc2)c1C(=O)O. The normalized spacial score (nSPS) is 10.3. The smallest absolute Gasteiger partial charge is 0.338 e. The molecule has 0 atom stereocenters. The number of carboxylic acids is 1. The van der Waals surface area contributed by atoms with Crippen LogP contribution in [0.4, 0.5) is 5.69 Å². The van der Waals surface area contributed by atoms with E-state index >= 15 is 0 Å². The van der Waals surface area contributed by atoms with Crippen molar-refractivity contribution in [1.29, 1.82) is 0 Å². The predicted molar refractivity (Wildman–Crippen MR) is 84.0 cm³/mol. The number of aromatic carboxylic acids is 1. The molecule has 0 amide bonds. The number of benzene rings is 2. The zero-order valence-corrected chi connectivity index (χ0v) is 12.5. The van der Waals surface area contributed by atoms with Crippen LogP contribution >= 0.6 is 23.4 Å². The molecule has 0 aromatic heterocycles. The maximum Gasteiger partial charge on any atom is 0.338 e. The highest BCUT2D eigenvalue weighted by Gasteiger charge is 2.14. The van der Waals surface area contributed by atoms with Crippen LogP contribution in [0, 0.1) is 0 Å². The van der Waals surface area contributed by atoms with Crippen LogP contribution in [0.2, 0.25) is 5.02 Å². The van der Waals surface area contributed by atoms with E-state index in [0.717, 1.165) is 10.5 Å². The topological polar surface area (TPSA) is 49.3 Å². The fraction of sp³-hybridized carbons (Fsp3) is 0.133. The van der Waals surface area contributed by atoms with E-state index in [4.69, 9.17) is 11.6 Å². The monoisotopic (exact) mass is 307 g/mol. The number of hydrogen-bond acceptors (Lipinski definition) is 3. The second-order valence-corrected chi connectivity index (χ2v) is 5.45. The van der Waals surface area contributed by atoms with Crippen LogP contribution in [0.5, 0.6) is 0 Å². The maximum absolute atomic E-state index is 11.4. The molecule has 0 aliphatic rings. The Bertz CT molecular complexity index is 614. The Morgan fingerprint density at radius 2 is 1.95 bits per heavy atom. The average Bonchev–Trinajstić information content (AvgIpc) is 2.46. The minimum Gasteiger partial charge on any atom is -0.478 e. The molecule has 5 heteroatoms. The minimum atomic E-state index is -0.923. The van der Waals surface area contributed by atoms with E-state index in [2.05, 4.69) is 5.32 Å². The van der Waals surface area contributed by atoms with Crippen molar-refractivity contribution in [3.8, 4) is 0 Å². The molecular weight excluding hydrogens is 294 g/mol. The number of nitrogens with one attached hydrogen (secondary N) is 1. The summed E-state index contributed by atoms with van der Waals surface area (Å²) in [6, 6.07) is 12.9. The van der Waals surface area contributed by atoms with Crippen LogP contribution in [0.15, 0.2) is 47.4 Å². The van der Waals surface area contributed by atoms with Crippen LogP contribution < -0.4 is 5.32 Å². The summed E-state index contributed by atoms with van der Waals surface area (Å²) >= 11 is 7.26. The molecular formula is C15H14ClNO2S. The van der Waals surface area contributed by atoms with E-state index < -0.39 is 5.97 Å². The van der Waals surface area contributed by atoms with E-state index in [-0.39, 0.29) is 0 Å². The average molecular weight is 308 g/mol. The Morgan fingerprint density at radius 3 is 2.55 bits per heavy atom. The quantitative estimate of drug-likeness (QED) is 0.805. The van der Waals surface area contributed by atoms with Gasteiger partial charge in [-0.3, -0.25) is 0 Å². The van der Waals surface area contributed by atoms with E-state index in [1.54, 1.807) is 6.07 Å². The van der Waals surface area contributed by atoms with Gasteiger partial charge < -0.3 is 10.4 Å². The molecule has 2 aromatic carbocycles. The summed E-state index contributed by atoms with van der Waals surface area (Å²) in [7, 11) is 0. The number of thioether (sulfide) groups is 1. The molecule has 0 saturated carbocycles. The Morgan fingerprint density at radius 1 is 1.25 bits per heavy atom. The van der Waals surface area contributed by atoms with Crippen LogP contribution in [0.25, 0.3) is 0 Å². The highest BCUT2D eigenvalue weighted by Crippen LogP contribution is 2.27. The highest BCUT2D eigenvalue weighted by molar-refractivity contribution is 7.98. The molecule has 0 spiro atoms. The van der Waals surface area contributed by atoms with Crippen molar-refractivity contribution < 1.29 is 9.90 Å². The van der Waals surface area contributed by atoms with Crippen molar-refractivity contribution in [2.75, 3.05) is 11.6 Å². The lowest BCUT2D eigenvalue weighted by molar-refractivity contribution is 0.0694. The van der Waals surface area contributed by atoms with Gasteiger partial charge in [-0.2, -0.15) is 0 Å². The Balaban J connectivity index is 2.21. The first-order valence-corrected chi connectivity index (χ1v) is 7.60. The van der Waals surface area contributed by atoms with E-state index in [0.29, 0.717) is 22.8 Å². The molecule has 0 bridgehead atoms. The Hall–Kier alpha value is -1.65. The Kier molecular flexibility index (Phi) is 4.93. The summed E-state index contributed by atoms with van der Waals surface area (Å²) in [5.74, 6) is -0.923. The third kappa shape index (κ3) is 3.46. The van der Waals surface area contributed by atoms with Gasteiger partial charge in [-0.05, 0) is 36.1 Å². The van der Waals surface area contributed by atoms with E-state index in [1.807, 2.05) is 42.7 Å². The highest BCUT2D eigenvalue weighted by atomic mass is 35.5. The molecule has 104 valence electrons. The minimum absolute atomic E-state index is 0.314. The molecule has 3 nitrogen and oxygen atoms in total. The lowest BCUT2D eigenvalue weighted by Gasteiger charge is -2.12. The summed E-state index contributed by atoms with van der Waals surface area (Å²) in [4.78, 5) is 12.1. The summed E-state index contributed by atoms with van der Waals surface area (Å²) in [5, 5.41) is 13.2. The van der Waals surface area contributed by atoms with Gasteiger partial charge in [0.2, 0.25) is 0 Å². The van der Waals surface area contributed by atoms with Crippen molar-refractivity contribution >= 4 is 35.0 Å². The number of rotatable bonds is 5. The zero-order valence-electron chi connectivity index (χ0n) is 10.9. The fourth-order valence-electron chi connectivity index (χ4n) is 1.87. The molecule has 2 aromatic rings. The van der Waals surface area contributed by atoms with Crippen molar-refractivity contribution in [3.63, 3.8) is 0 Å². The molecule has 0 aliphatic carbocycles. The largest absolute Gasteiger partial charge is 0.478 e. The maximum atomic E-state index is 11.4. The third-order valence-electron chi connectivity index (χ3n) is 2.86. The number of carboxylic acid groups (broad SMARTS) is 1. The van der Waals surface area contributed by atoms with Crippen molar-refractivity contribution in [1.82, 2.24) is 0 Å². The van der Waals surface area contributed by atoms with Gasteiger partial charge in [0.15, 0.2) is 0 Å². The Labute approximate surface area is 127 Å². The first-order valence-electron chi connectivity index (χ1n) is 6.00. The molecule has 0 saturated heterocycles. The van der Waals surface area contributed by atoms with Crippen LogP contribution in [-0.2, 0) is 6.54 Å². The van der Waals surface area contributed by atoms with Gasteiger partial charge in [-0.25, -0.2) is 4.79 Å². The molecule has 0 fully saturated rings. The van der Waals surface area contributed by atoms with E-state index in [1.165, 1.54) is 11.8 Å². The van der Waals surface area contributed by atoms with Gasteiger partial charge >= 0.3 is 5.97 Å². The third-order valence-corrected chi connectivity index (χ3v) is 3.89. The second-order valence-electron chi connectivity index (χ2n) is 4.17. The lowest BCUT2D eigenvalue weighted by atomic mass is 10.1. The summed E-state index contributed by atoms with van der Waals surface area (Å²) in [6.45, 7) is 0.551. The summed E-state index contributed by atoms with van der Waals surface area (Å²) in [5.41, 5.74) is 1.98. The first-order chi connectivity index (χ1) is 9.61. The molecule has 0 unspecified atom stereocenters. The van der Waals surface area contributed by atoms with Gasteiger partial charge in [-0.15, -0.1) is 11.8 Å². The van der Waals surface area contributed by atoms with Gasteiger partial charge in [-0.1, -0.05) is 29.8 Å².